The van der Waals surface area contributed by atoms with Crippen LogP contribution < -0.4 is 0 Å². The zero-order valence-electron chi connectivity index (χ0n) is 54.6. The Labute approximate surface area is 505 Å². The van der Waals surface area contributed by atoms with Crippen molar-refractivity contribution in [2.75, 3.05) is 13.2 Å². The monoisotopic (exact) mass is 1140 g/mol. The van der Waals surface area contributed by atoms with E-state index in [0.717, 1.165) is 89.9 Å². The van der Waals surface area contributed by atoms with E-state index in [0.29, 0.717) is 19.3 Å². The molecule has 0 aliphatic heterocycles. The van der Waals surface area contributed by atoms with Gasteiger partial charge in [-0.2, -0.15) is 0 Å². The average Bonchev–Trinajstić information content (AvgIpc) is 3.47. The van der Waals surface area contributed by atoms with Crippen molar-refractivity contribution in [1.82, 2.24) is 0 Å². The van der Waals surface area contributed by atoms with Crippen molar-refractivity contribution in [3.05, 3.63) is 48.6 Å². The van der Waals surface area contributed by atoms with Crippen LogP contribution in [0.2, 0.25) is 0 Å². The number of ether oxygens (including phenoxy) is 3. The Kier molecular flexibility index (Phi) is 67.6. The van der Waals surface area contributed by atoms with Gasteiger partial charge in [-0.1, -0.05) is 352 Å². The zero-order chi connectivity index (χ0) is 58.5. The van der Waals surface area contributed by atoms with E-state index in [-0.39, 0.29) is 31.1 Å². The third kappa shape index (κ3) is 68.0. The van der Waals surface area contributed by atoms with Gasteiger partial charge in [-0.05, 0) is 70.6 Å². The second-order valence-electron chi connectivity index (χ2n) is 24.5. The van der Waals surface area contributed by atoms with Gasteiger partial charge in [0.2, 0.25) is 0 Å². The van der Waals surface area contributed by atoms with Gasteiger partial charge in [-0.25, -0.2) is 0 Å². The fourth-order valence-electron chi connectivity index (χ4n) is 10.9. The Balaban J connectivity index is 4.02. The molecule has 0 rings (SSSR count). The van der Waals surface area contributed by atoms with E-state index in [1.165, 1.54) is 263 Å². The summed E-state index contributed by atoms with van der Waals surface area (Å²) in [6.45, 7) is 6.54. The minimum absolute atomic E-state index is 0.0764. The molecule has 1 atom stereocenters. The standard InChI is InChI=1S/C75H138O6/c1-4-7-10-13-16-19-22-24-26-28-29-30-31-32-33-34-35-36-37-38-39-40-41-42-43-44-45-47-48-50-53-56-59-62-65-68-74(77)80-71-72(70-79-73(76)67-64-61-58-55-52-21-18-15-12-9-6-3)81-75(78)69-66-63-60-57-54-51-49-46-27-25-23-20-17-14-11-8-5-2/h8,11,15,17-18,20,25,27,72H,4-7,9-10,12-14,16,19,21-24,26,28-71H2,1-3H3/b11-8-,18-15-,20-17-,27-25-. The molecule has 0 N–H and O–H groups in total. The van der Waals surface area contributed by atoms with Gasteiger partial charge in [0, 0.05) is 19.3 Å². The largest absolute Gasteiger partial charge is 0.462 e. The summed E-state index contributed by atoms with van der Waals surface area (Å²) in [4.78, 5) is 38.3. The van der Waals surface area contributed by atoms with Crippen molar-refractivity contribution in [2.24, 2.45) is 0 Å². The van der Waals surface area contributed by atoms with Crippen molar-refractivity contribution in [3.63, 3.8) is 0 Å². The number of unbranched alkanes of at least 4 members (excludes halogenated alkanes) is 48. The number of hydrogen-bond donors (Lipinski definition) is 0. The highest BCUT2D eigenvalue weighted by Gasteiger charge is 2.19. The lowest BCUT2D eigenvalue weighted by atomic mass is 10.0. The van der Waals surface area contributed by atoms with Crippen LogP contribution in [0.1, 0.15) is 393 Å². The lowest BCUT2D eigenvalue weighted by Gasteiger charge is -2.18. The van der Waals surface area contributed by atoms with Crippen molar-refractivity contribution < 1.29 is 28.6 Å². The molecular weight excluding hydrogens is 997 g/mol. The summed E-state index contributed by atoms with van der Waals surface area (Å²) in [6.07, 6.45) is 89.0. The molecular formula is C75H138O6. The number of hydrogen-bond acceptors (Lipinski definition) is 6. The third-order valence-electron chi connectivity index (χ3n) is 16.3. The molecule has 0 amide bonds. The minimum Gasteiger partial charge on any atom is -0.462 e. The summed E-state index contributed by atoms with van der Waals surface area (Å²) < 4.78 is 16.9. The summed E-state index contributed by atoms with van der Waals surface area (Å²) in [5, 5.41) is 0. The van der Waals surface area contributed by atoms with E-state index in [1.807, 2.05) is 0 Å². The Hall–Kier alpha value is -2.63. The van der Waals surface area contributed by atoms with Gasteiger partial charge >= 0.3 is 17.9 Å². The van der Waals surface area contributed by atoms with Crippen LogP contribution in [0.3, 0.4) is 0 Å². The first-order chi connectivity index (χ1) is 40.0. The molecule has 0 bridgehead atoms. The van der Waals surface area contributed by atoms with Crippen molar-refractivity contribution in [2.45, 2.75) is 399 Å². The van der Waals surface area contributed by atoms with Crippen molar-refractivity contribution >= 4 is 17.9 Å². The van der Waals surface area contributed by atoms with Crippen LogP contribution in [0.5, 0.6) is 0 Å². The molecule has 1 unspecified atom stereocenters. The molecule has 0 heterocycles. The van der Waals surface area contributed by atoms with Crippen LogP contribution in [0, 0.1) is 0 Å². The maximum atomic E-state index is 12.9. The topological polar surface area (TPSA) is 78.9 Å². The van der Waals surface area contributed by atoms with Gasteiger partial charge in [0.1, 0.15) is 13.2 Å². The lowest BCUT2D eigenvalue weighted by Crippen LogP contribution is -2.30. The fraction of sp³-hybridized carbons (Fsp3) is 0.853. The molecule has 0 fully saturated rings. The molecule has 0 spiro atoms. The summed E-state index contributed by atoms with van der Waals surface area (Å²) in [5.74, 6) is -0.876. The van der Waals surface area contributed by atoms with E-state index in [4.69, 9.17) is 14.2 Å². The number of esters is 3. The quantitative estimate of drug-likeness (QED) is 0.0261. The molecule has 6 heteroatoms. The molecule has 6 nitrogen and oxygen atoms in total. The first kappa shape index (κ1) is 78.4. The highest BCUT2D eigenvalue weighted by Crippen LogP contribution is 2.19. The van der Waals surface area contributed by atoms with Crippen LogP contribution in [0.15, 0.2) is 48.6 Å². The Morgan fingerprint density at radius 2 is 0.494 bits per heavy atom. The van der Waals surface area contributed by atoms with E-state index >= 15 is 0 Å². The van der Waals surface area contributed by atoms with Gasteiger partial charge in [0.15, 0.2) is 6.10 Å². The minimum atomic E-state index is -0.781. The Morgan fingerprint density at radius 3 is 0.802 bits per heavy atom. The van der Waals surface area contributed by atoms with E-state index < -0.39 is 6.10 Å². The van der Waals surface area contributed by atoms with E-state index in [1.54, 1.807) is 0 Å². The predicted molar refractivity (Wildman–Crippen MR) is 353 cm³/mol. The zero-order valence-corrected chi connectivity index (χ0v) is 54.6. The highest BCUT2D eigenvalue weighted by molar-refractivity contribution is 5.71. The molecule has 474 valence electrons. The van der Waals surface area contributed by atoms with Gasteiger partial charge in [0.05, 0.1) is 0 Å². The Morgan fingerprint density at radius 1 is 0.259 bits per heavy atom. The van der Waals surface area contributed by atoms with E-state index in [9.17, 15) is 14.4 Å². The maximum Gasteiger partial charge on any atom is 0.306 e. The van der Waals surface area contributed by atoms with E-state index in [2.05, 4.69) is 69.4 Å². The molecule has 0 aliphatic carbocycles. The first-order valence-corrected chi connectivity index (χ1v) is 36.1. The van der Waals surface area contributed by atoms with Crippen molar-refractivity contribution in [3.8, 4) is 0 Å². The van der Waals surface area contributed by atoms with Crippen LogP contribution in [0.4, 0.5) is 0 Å². The number of carbonyl (C=O) groups excluding carboxylic acids is 3. The van der Waals surface area contributed by atoms with Gasteiger partial charge in [-0.15, -0.1) is 0 Å². The number of carbonyl (C=O) groups is 3. The SMILES string of the molecule is CC/C=C\C/C=C\C/C=C\CCCCCCCCCC(=O)OC(COC(=O)CCCCCCC/C=C\CCCC)COC(=O)CCCCCCCCCCCCCCCCCCCCCCCCCCCCCCCCCCCCC. The summed E-state index contributed by atoms with van der Waals surface area (Å²) >= 11 is 0. The summed E-state index contributed by atoms with van der Waals surface area (Å²) in [6, 6.07) is 0. The second-order valence-corrected chi connectivity index (χ2v) is 24.5. The predicted octanol–water partition coefficient (Wildman–Crippen LogP) is 24.9. The maximum absolute atomic E-state index is 12.9. The van der Waals surface area contributed by atoms with Crippen LogP contribution in [-0.2, 0) is 28.6 Å². The van der Waals surface area contributed by atoms with Gasteiger partial charge in [-0.3, -0.25) is 14.4 Å². The summed E-state index contributed by atoms with van der Waals surface area (Å²) in [5.41, 5.74) is 0. The van der Waals surface area contributed by atoms with Gasteiger partial charge < -0.3 is 14.2 Å². The molecule has 81 heavy (non-hydrogen) atoms. The molecule has 0 saturated heterocycles. The Bertz CT molecular complexity index is 1400. The lowest BCUT2D eigenvalue weighted by molar-refractivity contribution is -0.167. The fourth-order valence-corrected chi connectivity index (χ4v) is 10.9. The number of allylic oxidation sites excluding steroid dienone is 8. The normalized spacial score (nSPS) is 12.3. The van der Waals surface area contributed by atoms with Crippen LogP contribution >= 0.6 is 0 Å². The second kappa shape index (κ2) is 69.9. The smallest absolute Gasteiger partial charge is 0.306 e. The third-order valence-corrected chi connectivity index (χ3v) is 16.3. The van der Waals surface area contributed by atoms with Crippen LogP contribution in [0.25, 0.3) is 0 Å². The van der Waals surface area contributed by atoms with Gasteiger partial charge in [0.25, 0.3) is 0 Å². The average molecular weight is 1140 g/mol. The molecule has 0 aromatic heterocycles. The van der Waals surface area contributed by atoms with Crippen LogP contribution in [-0.4, -0.2) is 37.2 Å². The first-order valence-electron chi connectivity index (χ1n) is 36.1. The van der Waals surface area contributed by atoms with Crippen molar-refractivity contribution in [1.29, 1.82) is 0 Å². The molecule has 0 aromatic rings. The highest BCUT2D eigenvalue weighted by atomic mass is 16.6. The molecule has 0 saturated carbocycles. The summed E-state index contributed by atoms with van der Waals surface area (Å²) in [7, 11) is 0. The molecule has 0 aromatic carbocycles. The molecule has 0 aliphatic rings. The molecule has 0 radical (unpaired) electrons. The number of rotatable bonds is 67.